The number of benzene rings is 2. The second kappa shape index (κ2) is 8.52. The zero-order valence-electron chi connectivity index (χ0n) is 17.3. The van der Waals surface area contributed by atoms with E-state index >= 15 is 0 Å². The normalized spacial score (nSPS) is 10.9. The molecule has 4 aromatic rings. The standard InChI is InChI=1S/C25H21FN2O3/c1-3-22(29)24-21-14-16(15-23(30)17-6-10-20(31-2)11-7-17)12-13-28(21)27-25(24)18-4-8-19(26)9-5-18/h4-14H,3,15H2,1-2H3. The number of aromatic nitrogens is 2. The number of ketones is 2. The fraction of sp³-hybridized carbons (Fsp3) is 0.160. The molecule has 0 fully saturated rings. The van der Waals surface area contributed by atoms with E-state index in [-0.39, 0.29) is 23.8 Å². The lowest BCUT2D eigenvalue weighted by Gasteiger charge is -2.05. The molecule has 2 heterocycles. The van der Waals surface area contributed by atoms with Crippen LogP contribution in [0.25, 0.3) is 16.8 Å². The summed E-state index contributed by atoms with van der Waals surface area (Å²) in [6, 6.07) is 16.5. The smallest absolute Gasteiger partial charge is 0.167 e. The van der Waals surface area contributed by atoms with Crippen molar-refractivity contribution in [2.45, 2.75) is 19.8 Å². The molecule has 0 bridgehead atoms. The van der Waals surface area contributed by atoms with E-state index in [1.165, 1.54) is 12.1 Å². The van der Waals surface area contributed by atoms with Crippen LogP contribution in [0.2, 0.25) is 0 Å². The summed E-state index contributed by atoms with van der Waals surface area (Å²) in [6.45, 7) is 1.79. The maximum Gasteiger partial charge on any atom is 0.167 e. The molecule has 0 radical (unpaired) electrons. The van der Waals surface area contributed by atoms with Crippen molar-refractivity contribution in [1.29, 1.82) is 0 Å². The third-order valence-electron chi connectivity index (χ3n) is 5.19. The highest BCUT2D eigenvalue weighted by Crippen LogP contribution is 2.28. The first-order valence-electron chi connectivity index (χ1n) is 9.97. The number of methoxy groups -OCH3 is 1. The molecule has 0 amide bonds. The van der Waals surface area contributed by atoms with Crippen LogP contribution in [0.4, 0.5) is 4.39 Å². The number of carbonyl (C=O) groups excluding carboxylic acids is 2. The molecule has 0 aliphatic heterocycles. The number of hydrogen-bond donors (Lipinski definition) is 0. The zero-order valence-corrected chi connectivity index (χ0v) is 17.3. The summed E-state index contributed by atoms with van der Waals surface area (Å²) >= 11 is 0. The molecule has 6 heteroatoms. The van der Waals surface area contributed by atoms with Crippen LogP contribution in [0, 0.1) is 5.82 Å². The van der Waals surface area contributed by atoms with Crippen molar-refractivity contribution < 1.29 is 18.7 Å². The summed E-state index contributed by atoms with van der Waals surface area (Å²) in [5.74, 6) is 0.241. The van der Waals surface area contributed by atoms with E-state index in [1.807, 2.05) is 12.1 Å². The molecule has 0 spiro atoms. The quantitative estimate of drug-likeness (QED) is 0.390. The van der Waals surface area contributed by atoms with Gasteiger partial charge in [0.25, 0.3) is 0 Å². The highest BCUT2D eigenvalue weighted by atomic mass is 19.1. The van der Waals surface area contributed by atoms with Crippen molar-refractivity contribution in [3.8, 4) is 17.0 Å². The lowest BCUT2D eigenvalue weighted by atomic mass is 9.99. The Labute approximate surface area is 179 Å². The minimum absolute atomic E-state index is 0.0337. The maximum absolute atomic E-state index is 13.4. The number of fused-ring (bicyclic) bond motifs is 1. The Morgan fingerprint density at radius 2 is 1.71 bits per heavy atom. The van der Waals surface area contributed by atoms with Gasteiger partial charge in [0.15, 0.2) is 11.6 Å². The molecule has 0 saturated heterocycles. The minimum atomic E-state index is -0.352. The molecule has 0 saturated carbocycles. The predicted octanol–water partition coefficient (Wildman–Crippen LogP) is 5.17. The fourth-order valence-corrected chi connectivity index (χ4v) is 3.53. The van der Waals surface area contributed by atoms with E-state index in [9.17, 15) is 14.0 Å². The van der Waals surface area contributed by atoms with Crippen LogP contribution in [-0.4, -0.2) is 28.3 Å². The summed E-state index contributed by atoms with van der Waals surface area (Å²) in [6.07, 6.45) is 2.25. The summed E-state index contributed by atoms with van der Waals surface area (Å²) in [4.78, 5) is 25.5. The van der Waals surface area contributed by atoms with Gasteiger partial charge in [-0.25, -0.2) is 8.91 Å². The van der Waals surface area contributed by atoms with Gasteiger partial charge in [-0.05, 0) is 66.2 Å². The first-order chi connectivity index (χ1) is 15.0. The number of hydrogen-bond acceptors (Lipinski definition) is 4. The third kappa shape index (κ3) is 4.10. The third-order valence-corrected chi connectivity index (χ3v) is 5.19. The van der Waals surface area contributed by atoms with E-state index in [0.717, 1.165) is 5.56 Å². The SMILES string of the molecule is CCC(=O)c1c(-c2ccc(F)cc2)nn2ccc(CC(=O)c3ccc(OC)cc3)cc12. The summed E-state index contributed by atoms with van der Waals surface area (Å²) in [5, 5.41) is 4.55. The molecule has 5 nitrogen and oxygen atoms in total. The molecule has 0 atom stereocenters. The number of ether oxygens (including phenoxy) is 1. The van der Waals surface area contributed by atoms with Gasteiger partial charge >= 0.3 is 0 Å². The molecule has 31 heavy (non-hydrogen) atoms. The lowest BCUT2D eigenvalue weighted by Crippen LogP contribution is -2.04. The Hall–Kier alpha value is -3.80. The van der Waals surface area contributed by atoms with Crippen LogP contribution in [0.5, 0.6) is 5.75 Å². The second-order valence-corrected chi connectivity index (χ2v) is 7.20. The van der Waals surface area contributed by atoms with Gasteiger partial charge in [0.1, 0.15) is 17.3 Å². The van der Waals surface area contributed by atoms with Gasteiger partial charge in [0.2, 0.25) is 0 Å². The highest BCUT2D eigenvalue weighted by Gasteiger charge is 2.20. The topological polar surface area (TPSA) is 60.7 Å². The van der Waals surface area contributed by atoms with E-state index in [4.69, 9.17) is 4.74 Å². The molecule has 2 aromatic heterocycles. The average Bonchev–Trinajstić information content (AvgIpc) is 3.17. The first-order valence-corrected chi connectivity index (χ1v) is 9.97. The van der Waals surface area contributed by atoms with Gasteiger partial charge in [0.05, 0.1) is 18.2 Å². The van der Waals surface area contributed by atoms with Crippen LogP contribution in [0.15, 0.2) is 66.9 Å². The Morgan fingerprint density at radius 3 is 2.35 bits per heavy atom. The van der Waals surface area contributed by atoms with Gasteiger partial charge in [-0.15, -0.1) is 0 Å². The Morgan fingerprint density at radius 1 is 1.00 bits per heavy atom. The zero-order chi connectivity index (χ0) is 22.0. The van der Waals surface area contributed by atoms with Crippen molar-refractivity contribution in [3.05, 3.63) is 89.4 Å². The van der Waals surface area contributed by atoms with Gasteiger partial charge in [-0.2, -0.15) is 5.10 Å². The summed E-state index contributed by atoms with van der Waals surface area (Å²) in [7, 11) is 1.58. The maximum atomic E-state index is 13.4. The highest BCUT2D eigenvalue weighted by molar-refractivity contribution is 6.07. The molecule has 0 aliphatic carbocycles. The monoisotopic (exact) mass is 416 g/mol. The molecular weight excluding hydrogens is 395 g/mol. The van der Waals surface area contributed by atoms with Crippen LogP contribution in [0.1, 0.15) is 39.6 Å². The molecule has 2 aromatic carbocycles. The number of halogens is 1. The van der Waals surface area contributed by atoms with Gasteiger partial charge < -0.3 is 4.74 Å². The lowest BCUT2D eigenvalue weighted by molar-refractivity contribution is 0.0984. The minimum Gasteiger partial charge on any atom is -0.497 e. The molecule has 0 unspecified atom stereocenters. The second-order valence-electron chi connectivity index (χ2n) is 7.20. The van der Waals surface area contributed by atoms with E-state index in [1.54, 1.807) is 61.1 Å². The van der Waals surface area contributed by atoms with Gasteiger partial charge in [-0.1, -0.05) is 6.92 Å². The first kappa shape index (κ1) is 20.5. The largest absolute Gasteiger partial charge is 0.497 e. The molecule has 0 N–H and O–H groups in total. The van der Waals surface area contributed by atoms with Crippen molar-refractivity contribution in [3.63, 3.8) is 0 Å². The number of rotatable bonds is 7. The number of nitrogens with zero attached hydrogens (tertiary/aromatic N) is 2. The van der Waals surface area contributed by atoms with Crippen molar-refractivity contribution in [1.82, 2.24) is 9.61 Å². The van der Waals surface area contributed by atoms with Gasteiger partial charge in [-0.3, -0.25) is 9.59 Å². The number of Topliss-reactive ketones (excluding diaryl/α,β-unsaturated/α-hetero) is 2. The van der Waals surface area contributed by atoms with Gasteiger partial charge in [0, 0.05) is 30.2 Å². The molecule has 4 rings (SSSR count). The Balaban J connectivity index is 1.72. The van der Waals surface area contributed by atoms with Crippen LogP contribution >= 0.6 is 0 Å². The van der Waals surface area contributed by atoms with Crippen molar-refractivity contribution in [2.75, 3.05) is 7.11 Å². The molecule has 0 aliphatic rings. The van der Waals surface area contributed by atoms with E-state index in [0.29, 0.717) is 40.1 Å². The van der Waals surface area contributed by atoms with Crippen LogP contribution in [0.3, 0.4) is 0 Å². The number of pyridine rings is 1. The van der Waals surface area contributed by atoms with Crippen LogP contribution in [-0.2, 0) is 6.42 Å². The molecule has 156 valence electrons. The summed E-state index contributed by atoms with van der Waals surface area (Å²) in [5.41, 5.74) is 3.65. The summed E-state index contributed by atoms with van der Waals surface area (Å²) < 4.78 is 20.1. The van der Waals surface area contributed by atoms with Crippen LogP contribution < -0.4 is 4.74 Å². The number of carbonyl (C=O) groups is 2. The Bertz CT molecular complexity index is 1260. The van der Waals surface area contributed by atoms with Crippen molar-refractivity contribution >= 4 is 17.1 Å². The fourth-order valence-electron chi connectivity index (χ4n) is 3.53. The average molecular weight is 416 g/mol. The van der Waals surface area contributed by atoms with Crippen molar-refractivity contribution in [2.24, 2.45) is 0 Å². The predicted molar refractivity (Wildman–Crippen MR) is 116 cm³/mol. The van der Waals surface area contributed by atoms with E-state index in [2.05, 4.69) is 5.10 Å². The molecular formula is C25H21FN2O3. The Kier molecular flexibility index (Phi) is 5.62. The van der Waals surface area contributed by atoms with E-state index < -0.39 is 0 Å².